The third kappa shape index (κ3) is 3.55. The molecule has 0 aliphatic rings. The Hall–Kier alpha value is -2.88. The second-order valence-electron chi connectivity index (χ2n) is 3.68. The van der Waals surface area contributed by atoms with Gasteiger partial charge in [-0.05, 0) is 48.5 Å². The second kappa shape index (κ2) is 6.33. The second-order valence-corrected chi connectivity index (χ2v) is 4.49. The molecule has 20 heavy (non-hydrogen) atoms. The van der Waals surface area contributed by atoms with Crippen molar-refractivity contribution in [2.24, 2.45) is 0 Å². The molecule has 96 valence electrons. The first kappa shape index (κ1) is 13.5. The molecule has 0 aromatic heterocycles. The lowest BCUT2D eigenvalue weighted by Gasteiger charge is -1.95. The van der Waals surface area contributed by atoms with Crippen LogP contribution in [0, 0.1) is 22.7 Å². The molecule has 5 nitrogen and oxygen atoms in total. The van der Waals surface area contributed by atoms with E-state index in [1.807, 2.05) is 12.1 Å². The Morgan fingerprint density at radius 2 is 1.10 bits per heavy atom. The van der Waals surface area contributed by atoms with Crippen LogP contribution in [0.4, 0.5) is 0 Å². The van der Waals surface area contributed by atoms with Crippen LogP contribution in [0.1, 0.15) is 11.1 Å². The van der Waals surface area contributed by atoms with Crippen LogP contribution in [-0.4, -0.2) is 0 Å². The molecule has 0 aliphatic carbocycles. The van der Waals surface area contributed by atoms with Crippen LogP contribution in [-0.2, 0) is 4.57 Å². The normalized spacial score (nSPS) is 9.10. The number of benzene rings is 2. The summed E-state index contributed by atoms with van der Waals surface area (Å²) >= 11 is 0. The van der Waals surface area contributed by atoms with E-state index in [2.05, 4.69) is 0 Å². The molecule has 0 aliphatic heterocycles. The van der Waals surface area contributed by atoms with Crippen LogP contribution < -0.4 is 9.05 Å². The molecule has 2 rings (SSSR count). The summed E-state index contributed by atoms with van der Waals surface area (Å²) in [6, 6.07) is 16.3. The largest absolute Gasteiger partial charge is 0.805 e. The Labute approximate surface area is 116 Å². The van der Waals surface area contributed by atoms with Gasteiger partial charge in [0, 0.05) is 4.57 Å². The molecular weight excluding hydrogens is 275 g/mol. The lowest BCUT2D eigenvalue weighted by molar-refractivity contribution is 0.415. The maximum absolute atomic E-state index is 11.7. The summed E-state index contributed by atoms with van der Waals surface area (Å²) in [4.78, 5) is 0. The molecule has 0 amide bonds. The van der Waals surface area contributed by atoms with Gasteiger partial charge in [0.15, 0.2) is 11.5 Å². The fourth-order valence-corrected chi connectivity index (χ4v) is 2.00. The van der Waals surface area contributed by atoms with E-state index in [4.69, 9.17) is 19.6 Å². The Morgan fingerprint density at radius 3 is 1.40 bits per heavy atom. The topological polar surface area (TPSA) is 83.1 Å². The Morgan fingerprint density at radius 1 is 0.750 bits per heavy atom. The SMILES string of the molecule is N#Cc1ccc(O[P+](=O)Oc2ccc(C#N)cc2)cc1. The van der Waals surface area contributed by atoms with Crippen molar-refractivity contribution in [1.82, 2.24) is 0 Å². The minimum atomic E-state index is -2.38. The van der Waals surface area contributed by atoms with Crippen LogP contribution in [0.25, 0.3) is 0 Å². The molecule has 0 radical (unpaired) electrons. The van der Waals surface area contributed by atoms with Crippen LogP contribution in [0.5, 0.6) is 11.5 Å². The van der Waals surface area contributed by atoms with Crippen molar-refractivity contribution in [1.29, 1.82) is 10.5 Å². The molecule has 0 fully saturated rings. The summed E-state index contributed by atoms with van der Waals surface area (Å²) in [5.74, 6) is 0.692. The minimum absolute atomic E-state index is 0.346. The number of hydrogen-bond acceptors (Lipinski definition) is 5. The van der Waals surface area contributed by atoms with E-state index in [0.717, 1.165) is 0 Å². The lowest BCUT2D eigenvalue weighted by atomic mass is 10.2. The molecule has 6 heteroatoms. The average Bonchev–Trinajstić information content (AvgIpc) is 2.49. The van der Waals surface area contributed by atoms with Gasteiger partial charge in [-0.3, -0.25) is 0 Å². The monoisotopic (exact) mass is 283 g/mol. The fraction of sp³-hybridized carbons (Fsp3) is 0. The van der Waals surface area contributed by atoms with Gasteiger partial charge in [-0.2, -0.15) is 10.5 Å². The number of nitrogens with zero attached hydrogens (tertiary/aromatic N) is 2. The van der Waals surface area contributed by atoms with E-state index in [0.29, 0.717) is 22.6 Å². The highest BCUT2D eigenvalue weighted by molar-refractivity contribution is 7.34. The molecule has 0 saturated heterocycles. The van der Waals surface area contributed by atoms with Crippen LogP contribution >= 0.6 is 8.25 Å². The first-order valence-corrected chi connectivity index (χ1v) is 6.64. The molecule has 0 bridgehead atoms. The zero-order valence-corrected chi connectivity index (χ0v) is 11.1. The van der Waals surface area contributed by atoms with E-state index >= 15 is 0 Å². The van der Waals surface area contributed by atoms with Gasteiger partial charge in [-0.1, -0.05) is 0 Å². The van der Waals surface area contributed by atoms with Crippen molar-refractivity contribution in [2.75, 3.05) is 0 Å². The standard InChI is InChI=1S/C14H8N2O3P/c15-9-11-1-5-13(6-2-11)18-20(17)19-14-7-3-12(10-16)4-8-14/h1-8H/q+1. The van der Waals surface area contributed by atoms with E-state index in [-0.39, 0.29) is 0 Å². The number of nitriles is 2. The summed E-state index contributed by atoms with van der Waals surface area (Å²) in [6.07, 6.45) is 0. The van der Waals surface area contributed by atoms with Gasteiger partial charge in [0.25, 0.3) is 0 Å². The highest BCUT2D eigenvalue weighted by Crippen LogP contribution is 2.30. The van der Waals surface area contributed by atoms with E-state index in [1.54, 1.807) is 24.3 Å². The fourth-order valence-electron chi connectivity index (χ4n) is 1.37. The third-order valence-corrected chi connectivity index (χ3v) is 3.05. The summed E-state index contributed by atoms with van der Waals surface area (Å²) in [7, 11) is -2.38. The Bertz CT molecular complexity index is 636. The first-order chi connectivity index (χ1) is 9.71. The van der Waals surface area contributed by atoms with Crippen molar-refractivity contribution < 1.29 is 13.6 Å². The van der Waals surface area contributed by atoms with Crippen molar-refractivity contribution in [3.8, 4) is 23.6 Å². The van der Waals surface area contributed by atoms with Crippen molar-refractivity contribution in [3.63, 3.8) is 0 Å². The van der Waals surface area contributed by atoms with Crippen LogP contribution in [0.15, 0.2) is 48.5 Å². The summed E-state index contributed by atoms with van der Waals surface area (Å²) in [5.41, 5.74) is 0.973. The first-order valence-electron chi connectivity index (χ1n) is 5.55. The van der Waals surface area contributed by atoms with E-state index in [1.165, 1.54) is 24.3 Å². The predicted octanol–water partition coefficient (Wildman–Crippen LogP) is 3.55. The summed E-state index contributed by atoms with van der Waals surface area (Å²) < 4.78 is 21.8. The van der Waals surface area contributed by atoms with Gasteiger partial charge in [-0.25, -0.2) is 9.05 Å². The van der Waals surface area contributed by atoms with Crippen molar-refractivity contribution in [3.05, 3.63) is 59.7 Å². The molecule has 2 aromatic rings. The average molecular weight is 283 g/mol. The third-order valence-electron chi connectivity index (χ3n) is 2.33. The van der Waals surface area contributed by atoms with Gasteiger partial charge in [0.2, 0.25) is 0 Å². The van der Waals surface area contributed by atoms with Crippen molar-refractivity contribution in [2.45, 2.75) is 0 Å². The lowest BCUT2D eigenvalue weighted by Crippen LogP contribution is -1.89. The molecule has 0 heterocycles. The molecule has 0 spiro atoms. The van der Waals surface area contributed by atoms with Gasteiger partial charge in [0.05, 0.1) is 23.3 Å². The minimum Gasteiger partial charge on any atom is -0.222 e. The zero-order chi connectivity index (χ0) is 14.4. The number of hydrogen-bond donors (Lipinski definition) is 0. The Balaban J connectivity index is 1.97. The van der Waals surface area contributed by atoms with Gasteiger partial charge < -0.3 is 0 Å². The number of rotatable bonds is 4. The van der Waals surface area contributed by atoms with Crippen LogP contribution in [0.2, 0.25) is 0 Å². The smallest absolute Gasteiger partial charge is 0.222 e. The molecule has 0 atom stereocenters. The van der Waals surface area contributed by atoms with Gasteiger partial charge >= 0.3 is 8.25 Å². The van der Waals surface area contributed by atoms with E-state index in [9.17, 15) is 4.57 Å². The highest BCUT2D eigenvalue weighted by atomic mass is 31.1. The molecule has 2 aromatic carbocycles. The Kier molecular flexibility index (Phi) is 4.29. The zero-order valence-electron chi connectivity index (χ0n) is 10.2. The quantitative estimate of drug-likeness (QED) is 0.801. The molecule has 0 saturated carbocycles. The highest BCUT2D eigenvalue weighted by Gasteiger charge is 2.23. The maximum Gasteiger partial charge on any atom is 0.805 e. The summed E-state index contributed by atoms with van der Waals surface area (Å²) in [6.45, 7) is 0. The van der Waals surface area contributed by atoms with E-state index < -0.39 is 8.25 Å². The predicted molar refractivity (Wildman–Crippen MR) is 71.2 cm³/mol. The van der Waals surface area contributed by atoms with Gasteiger partial charge in [-0.15, -0.1) is 0 Å². The molecule has 0 unspecified atom stereocenters. The van der Waals surface area contributed by atoms with Gasteiger partial charge in [0.1, 0.15) is 0 Å². The molecule has 0 N–H and O–H groups in total. The summed E-state index contributed by atoms with van der Waals surface area (Å²) in [5, 5.41) is 17.3. The van der Waals surface area contributed by atoms with Crippen molar-refractivity contribution >= 4 is 8.25 Å². The molecular formula is C14H8N2O3P+. The van der Waals surface area contributed by atoms with Crippen LogP contribution in [0.3, 0.4) is 0 Å². The maximum atomic E-state index is 11.7.